The highest BCUT2D eigenvalue weighted by molar-refractivity contribution is 5.91. The number of halogens is 1. The Morgan fingerprint density at radius 2 is 1.81 bits per heavy atom. The standard InChI is InChI=1S/C28H31FN4O4/c29-21-15-13-20(14-16-21)27(28(36)31-22-7-1-2-8-22)33(19-23-9-6-18-37-23)26(35)12-5-11-25(34)32-24-10-3-4-17-30-24/h3-4,6,9-10,13-18,22,27H,1-2,5,7-8,11-12,19H2,(H,31,36)(H,30,32,34). The first kappa shape index (κ1) is 26.1. The Morgan fingerprint density at radius 1 is 1.03 bits per heavy atom. The first-order valence-electron chi connectivity index (χ1n) is 12.6. The van der Waals surface area contributed by atoms with Gasteiger partial charge in [0.1, 0.15) is 23.4 Å². The second kappa shape index (κ2) is 12.8. The van der Waals surface area contributed by atoms with Crippen molar-refractivity contribution in [1.82, 2.24) is 15.2 Å². The lowest BCUT2D eigenvalue weighted by molar-refractivity contribution is -0.142. The average molecular weight is 507 g/mol. The molecule has 2 aromatic heterocycles. The highest BCUT2D eigenvalue weighted by Crippen LogP contribution is 2.27. The van der Waals surface area contributed by atoms with E-state index in [2.05, 4.69) is 15.6 Å². The number of hydrogen-bond donors (Lipinski definition) is 2. The lowest BCUT2D eigenvalue weighted by atomic mass is 10.0. The number of pyridine rings is 1. The molecule has 0 spiro atoms. The second-order valence-corrected chi connectivity index (χ2v) is 9.16. The predicted molar refractivity (Wildman–Crippen MR) is 136 cm³/mol. The summed E-state index contributed by atoms with van der Waals surface area (Å²) < 4.78 is 19.2. The summed E-state index contributed by atoms with van der Waals surface area (Å²) in [4.78, 5) is 44.9. The number of nitrogens with one attached hydrogen (secondary N) is 2. The molecule has 194 valence electrons. The number of furan rings is 1. The normalized spacial score (nSPS) is 14.2. The molecule has 2 N–H and O–H groups in total. The van der Waals surface area contributed by atoms with Gasteiger partial charge in [0.2, 0.25) is 17.7 Å². The van der Waals surface area contributed by atoms with Crippen molar-refractivity contribution in [2.24, 2.45) is 0 Å². The monoisotopic (exact) mass is 506 g/mol. The molecule has 1 aliphatic rings. The van der Waals surface area contributed by atoms with Gasteiger partial charge in [-0.25, -0.2) is 9.37 Å². The number of amides is 3. The number of nitrogens with zero attached hydrogens (tertiary/aromatic N) is 2. The maximum atomic E-state index is 13.7. The van der Waals surface area contributed by atoms with Crippen molar-refractivity contribution < 1.29 is 23.2 Å². The highest BCUT2D eigenvalue weighted by Gasteiger charge is 2.33. The summed E-state index contributed by atoms with van der Waals surface area (Å²) in [6.45, 7) is 0.0616. The number of carbonyl (C=O) groups is 3. The van der Waals surface area contributed by atoms with Crippen molar-refractivity contribution in [2.75, 3.05) is 5.32 Å². The van der Waals surface area contributed by atoms with Crippen LogP contribution in [0, 0.1) is 5.82 Å². The van der Waals surface area contributed by atoms with Crippen molar-refractivity contribution >= 4 is 23.5 Å². The van der Waals surface area contributed by atoms with Crippen LogP contribution in [0.2, 0.25) is 0 Å². The van der Waals surface area contributed by atoms with Crippen molar-refractivity contribution in [3.63, 3.8) is 0 Å². The molecule has 3 aromatic rings. The second-order valence-electron chi connectivity index (χ2n) is 9.16. The van der Waals surface area contributed by atoms with E-state index < -0.39 is 11.9 Å². The van der Waals surface area contributed by atoms with Crippen LogP contribution in [-0.4, -0.2) is 33.6 Å². The smallest absolute Gasteiger partial charge is 0.247 e. The van der Waals surface area contributed by atoms with Crippen LogP contribution in [0.1, 0.15) is 62.3 Å². The number of anilines is 1. The molecule has 1 unspecified atom stereocenters. The van der Waals surface area contributed by atoms with E-state index in [9.17, 15) is 18.8 Å². The summed E-state index contributed by atoms with van der Waals surface area (Å²) in [7, 11) is 0. The van der Waals surface area contributed by atoms with Gasteiger partial charge in [0, 0.05) is 25.1 Å². The van der Waals surface area contributed by atoms with Crippen LogP contribution in [-0.2, 0) is 20.9 Å². The predicted octanol–water partition coefficient (Wildman–Crippen LogP) is 4.75. The molecule has 1 fully saturated rings. The van der Waals surface area contributed by atoms with E-state index in [1.807, 2.05) is 0 Å². The van der Waals surface area contributed by atoms with E-state index in [0.717, 1.165) is 25.7 Å². The van der Waals surface area contributed by atoms with Gasteiger partial charge in [0.05, 0.1) is 12.8 Å². The third-order valence-corrected chi connectivity index (χ3v) is 6.40. The highest BCUT2D eigenvalue weighted by atomic mass is 19.1. The van der Waals surface area contributed by atoms with Crippen LogP contribution in [0.5, 0.6) is 0 Å². The third kappa shape index (κ3) is 7.49. The Kier molecular flexibility index (Phi) is 9.02. The fourth-order valence-electron chi connectivity index (χ4n) is 4.55. The van der Waals surface area contributed by atoms with Crippen LogP contribution in [0.15, 0.2) is 71.5 Å². The summed E-state index contributed by atoms with van der Waals surface area (Å²) >= 11 is 0. The number of hydrogen-bond acceptors (Lipinski definition) is 5. The molecule has 8 nitrogen and oxygen atoms in total. The van der Waals surface area contributed by atoms with E-state index in [0.29, 0.717) is 17.1 Å². The molecular formula is C28H31FN4O4. The maximum Gasteiger partial charge on any atom is 0.247 e. The van der Waals surface area contributed by atoms with Gasteiger partial charge < -0.3 is 20.0 Å². The molecule has 2 heterocycles. The molecule has 0 saturated heterocycles. The molecule has 0 aliphatic heterocycles. The Balaban J connectivity index is 1.50. The Hall–Kier alpha value is -4.01. The lowest BCUT2D eigenvalue weighted by Crippen LogP contribution is -2.45. The minimum absolute atomic E-state index is 0.0464. The number of aromatic nitrogens is 1. The topological polar surface area (TPSA) is 105 Å². The van der Waals surface area contributed by atoms with Gasteiger partial charge in [-0.2, -0.15) is 0 Å². The van der Waals surface area contributed by atoms with Gasteiger partial charge in [-0.1, -0.05) is 31.0 Å². The van der Waals surface area contributed by atoms with Gasteiger partial charge in [-0.05, 0) is 61.2 Å². The minimum atomic E-state index is -0.971. The molecule has 1 saturated carbocycles. The van der Waals surface area contributed by atoms with Gasteiger partial charge in [0.25, 0.3) is 0 Å². The zero-order valence-corrected chi connectivity index (χ0v) is 20.6. The van der Waals surface area contributed by atoms with Crippen molar-refractivity contribution in [1.29, 1.82) is 0 Å². The van der Waals surface area contributed by atoms with Crippen LogP contribution in [0.25, 0.3) is 0 Å². The van der Waals surface area contributed by atoms with Gasteiger partial charge >= 0.3 is 0 Å². The summed E-state index contributed by atoms with van der Waals surface area (Å²) in [6.07, 6.45) is 7.40. The number of rotatable bonds is 11. The number of carbonyl (C=O) groups excluding carboxylic acids is 3. The summed E-state index contributed by atoms with van der Waals surface area (Å²) in [6, 6.07) is 13.3. The van der Waals surface area contributed by atoms with E-state index >= 15 is 0 Å². The van der Waals surface area contributed by atoms with E-state index in [1.165, 1.54) is 35.4 Å². The summed E-state index contributed by atoms with van der Waals surface area (Å²) in [5.41, 5.74) is 0.504. The molecule has 37 heavy (non-hydrogen) atoms. The number of benzene rings is 1. The van der Waals surface area contributed by atoms with Crippen molar-refractivity contribution in [2.45, 2.75) is 63.6 Å². The Morgan fingerprint density at radius 3 is 2.49 bits per heavy atom. The molecule has 1 aromatic carbocycles. The Bertz CT molecular complexity index is 1160. The van der Waals surface area contributed by atoms with E-state index in [4.69, 9.17) is 4.42 Å². The van der Waals surface area contributed by atoms with Crippen molar-refractivity contribution in [3.05, 3.63) is 84.2 Å². The molecule has 1 aliphatic carbocycles. The first-order chi connectivity index (χ1) is 18.0. The Labute approximate surface area is 215 Å². The quantitative estimate of drug-likeness (QED) is 0.391. The molecule has 3 amide bonds. The van der Waals surface area contributed by atoms with Crippen LogP contribution in [0.3, 0.4) is 0 Å². The van der Waals surface area contributed by atoms with E-state index in [1.54, 1.807) is 36.5 Å². The molecule has 9 heteroatoms. The molecule has 4 rings (SSSR count). The van der Waals surface area contributed by atoms with Crippen LogP contribution < -0.4 is 10.6 Å². The molecule has 1 atom stereocenters. The fourth-order valence-corrected chi connectivity index (χ4v) is 4.55. The first-order valence-corrected chi connectivity index (χ1v) is 12.6. The fraction of sp³-hybridized carbons (Fsp3) is 0.357. The largest absolute Gasteiger partial charge is 0.467 e. The summed E-state index contributed by atoms with van der Waals surface area (Å²) in [5, 5.41) is 5.78. The van der Waals surface area contributed by atoms with Gasteiger partial charge in [0.15, 0.2) is 0 Å². The van der Waals surface area contributed by atoms with Crippen LogP contribution >= 0.6 is 0 Å². The van der Waals surface area contributed by atoms with Crippen LogP contribution in [0.4, 0.5) is 10.2 Å². The molecule has 0 radical (unpaired) electrons. The molecular weight excluding hydrogens is 475 g/mol. The molecule has 0 bridgehead atoms. The SMILES string of the molecule is O=C(CCCC(=O)N(Cc1ccco1)C(C(=O)NC1CCCC1)c1ccc(F)cc1)Nc1ccccn1. The zero-order valence-electron chi connectivity index (χ0n) is 20.6. The lowest BCUT2D eigenvalue weighted by Gasteiger charge is -2.32. The maximum absolute atomic E-state index is 13.7. The van der Waals surface area contributed by atoms with Gasteiger partial charge in [-0.15, -0.1) is 0 Å². The van der Waals surface area contributed by atoms with Gasteiger partial charge in [-0.3, -0.25) is 14.4 Å². The summed E-state index contributed by atoms with van der Waals surface area (Å²) in [5.74, 6) is -0.343. The minimum Gasteiger partial charge on any atom is -0.467 e. The average Bonchev–Trinajstić information content (AvgIpc) is 3.60. The van der Waals surface area contributed by atoms with Crippen molar-refractivity contribution in [3.8, 4) is 0 Å². The zero-order chi connectivity index (χ0) is 26.0. The van der Waals surface area contributed by atoms with E-state index in [-0.39, 0.29) is 49.6 Å². The third-order valence-electron chi connectivity index (χ3n) is 6.40.